The molecule has 0 aliphatic heterocycles. The van der Waals surface area contributed by atoms with Crippen LogP contribution in [0.25, 0.3) is 0 Å². The first-order valence-corrected chi connectivity index (χ1v) is 6.55. The lowest BCUT2D eigenvalue weighted by atomic mass is 9.96. The lowest BCUT2D eigenvalue weighted by Crippen LogP contribution is -2.41. The van der Waals surface area contributed by atoms with E-state index in [-0.39, 0.29) is 18.5 Å². The topological polar surface area (TPSA) is 96.2 Å². The van der Waals surface area contributed by atoms with Gasteiger partial charge in [-0.15, -0.1) is 0 Å². The summed E-state index contributed by atoms with van der Waals surface area (Å²) in [6.45, 7) is 6.03. The molecule has 1 aromatic rings. The number of carboxylic acid groups (broad SMARTS) is 1. The van der Waals surface area contributed by atoms with Crippen molar-refractivity contribution in [2.75, 3.05) is 6.54 Å². The number of nitrogens with zero attached hydrogens (tertiary/aromatic N) is 2. The van der Waals surface area contributed by atoms with E-state index in [1.54, 1.807) is 10.9 Å². The van der Waals surface area contributed by atoms with Crippen LogP contribution in [0.1, 0.15) is 25.1 Å². The van der Waals surface area contributed by atoms with E-state index in [1.165, 1.54) is 0 Å². The second-order valence-electron chi connectivity index (χ2n) is 5.13. The van der Waals surface area contributed by atoms with Crippen molar-refractivity contribution >= 4 is 12.0 Å². The minimum Gasteiger partial charge on any atom is -0.481 e. The van der Waals surface area contributed by atoms with Crippen LogP contribution in [-0.2, 0) is 18.4 Å². The van der Waals surface area contributed by atoms with E-state index in [4.69, 9.17) is 5.11 Å². The van der Waals surface area contributed by atoms with Crippen LogP contribution < -0.4 is 10.6 Å². The van der Waals surface area contributed by atoms with Gasteiger partial charge in [0.1, 0.15) is 0 Å². The largest absolute Gasteiger partial charge is 0.481 e. The number of hydrogen-bond donors (Lipinski definition) is 3. The van der Waals surface area contributed by atoms with Crippen molar-refractivity contribution < 1.29 is 14.7 Å². The summed E-state index contributed by atoms with van der Waals surface area (Å²) >= 11 is 0. The monoisotopic (exact) mass is 282 g/mol. The van der Waals surface area contributed by atoms with Crippen LogP contribution in [0.15, 0.2) is 6.20 Å². The molecule has 0 radical (unpaired) electrons. The van der Waals surface area contributed by atoms with Crippen LogP contribution in [0.4, 0.5) is 4.79 Å². The second kappa shape index (κ2) is 6.93. The molecule has 1 rings (SSSR count). The van der Waals surface area contributed by atoms with Crippen molar-refractivity contribution in [1.29, 1.82) is 0 Å². The van der Waals surface area contributed by atoms with E-state index in [1.807, 2.05) is 27.8 Å². The summed E-state index contributed by atoms with van der Waals surface area (Å²) in [5.41, 5.74) is 1.91. The van der Waals surface area contributed by atoms with Gasteiger partial charge in [-0.05, 0) is 12.8 Å². The fourth-order valence-corrected chi connectivity index (χ4v) is 1.77. The number of carbonyl (C=O) groups is 2. The van der Waals surface area contributed by atoms with Crippen LogP contribution in [0.2, 0.25) is 0 Å². The van der Waals surface area contributed by atoms with Gasteiger partial charge in [0.25, 0.3) is 0 Å². The Morgan fingerprint density at radius 1 is 1.40 bits per heavy atom. The molecular weight excluding hydrogens is 260 g/mol. The summed E-state index contributed by atoms with van der Waals surface area (Å²) in [4.78, 5) is 22.6. The highest BCUT2D eigenvalue weighted by atomic mass is 16.4. The maximum Gasteiger partial charge on any atom is 0.315 e. The number of carboxylic acids is 1. The smallest absolute Gasteiger partial charge is 0.315 e. The number of carbonyl (C=O) groups excluding carboxylic acids is 1. The highest BCUT2D eigenvalue weighted by Crippen LogP contribution is 2.09. The van der Waals surface area contributed by atoms with Crippen molar-refractivity contribution in [3.63, 3.8) is 0 Å². The molecule has 1 aromatic heterocycles. The summed E-state index contributed by atoms with van der Waals surface area (Å²) in [7, 11) is 1.83. The predicted octanol–water partition coefficient (Wildman–Crippen LogP) is 0.885. The molecule has 1 unspecified atom stereocenters. The zero-order valence-corrected chi connectivity index (χ0v) is 12.3. The molecule has 20 heavy (non-hydrogen) atoms. The predicted molar refractivity (Wildman–Crippen MR) is 74.1 cm³/mol. The van der Waals surface area contributed by atoms with Crippen molar-refractivity contribution in [1.82, 2.24) is 20.4 Å². The first-order chi connectivity index (χ1) is 9.32. The van der Waals surface area contributed by atoms with E-state index in [0.717, 1.165) is 11.3 Å². The van der Waals surface area contributed by atoms with Crippen molar-refractivity contribution in [2.24, 2.45) is 18.9 Å². The molecule has 112 valence electrons. The van der Waals surface area contributed by atoms with Gasteiger partial charge in [-0.25, -0.2) is 4.79 Å². The molecule has 7 heteroatoms. The molecule has 0 saturated carbocycles. The van der Waals surface area contributed by atoms with Gasteiger partial charge >= 0.3 is 12.0 Å². The van der Waals surface area contributed by atoms with E-state index in [9.17, 15) is 9.59 Å². The summed E-state index contributed by atoms with van der Waals surface area (Å²) in [5.74, 6) is -1.52. The lowest BCUT2D eigenvalue weighted by molar-refractivity contribution is -0.142. The van der Waals surface area contributed by atoms with Gasteiger partial charge in [-0.3, -0.25) is 9.48 Å². The molecule has 0 aliphatic carbocycles. The number of aryl methyl sites for hydroxylation is 1. The third-order valence-electron chi connectivity index (χ3n) is 3.38. The fourth-order valence-electron chi connectivity index (χ4n) is 1.77. The van der Waals surface area contributed by atoms with E-state index in [0.29, 0.717) is 6.54 Å². The number of aliphatic carboxylic acids is 1. The molecule has 1 heterocycles. The van der Waals surface area contributed by atoms with Crippen molar-refractivity contribution in [3.8, 4) is 0 Å². The van der Waals surface area contributed by atoms with Crippen LogP contribution in [0, 0.1) is 18.8 Å². The molecule has 0 bridgehead atoms. The first kappa shape index (κ1) is 16.0. The Hall–Kier alpha value is -2.05. The molecule has 0 fully saturated rings. The molecule has 7 nitrogen and oxygen atoms in total. The third-order valence-corrected chi connectivity index (χ3v) is 3.38. The van der Waals surface area contributed by atoms with Crippen LogP contribution in [0.5, 0.6) is 0 Å². The van der Waals surface area contributed by atoms with Gasteiger partial charge < -0.3 is 15.7 Å². The highest BCUT2D eigenvalue weighted by molar-refractivity contribution is 5.75. The standard InChI is InChI=1S/C13H22N4O3/c1-8(2)11(12(18)19)7-15-13(20)14-5-10-6-16-17(4)9(10)3/h6,8,11H,5,7H2,1-4H3,(H,18,19)(H2,14,15,20). The minimum atomic E-state index is -0.900. The Morgan fingerprint density at radius 3 is 2.50 bits per heavy atom. The number of urea groups is 1. The second-order valence-corrected chi connectivity index (χ2v) is 5.13. The average molecular weight is 282 g/mol. The number of nitrogens with one attached hydrogen (secondary N) is 2. The maximum absolute atomic E-state index is 11.6. The molecule has 3 N–H and O–H groups in total. The zero-order chi connectivity index (χ0) is 15.3. The quantitative estimate of drug-likeness (QED) is 0.721. The number of aromatic nitrogens is 2. The van der Waals surface area contributed by atoms with Gasteiger partial charge in [-0.2, -0.15) is 5.10 Å². The Kier molecular flexibility index (Phi) is 5.54. The molecule has 0 aliphatic rings. The lowest BCUT2D eigenvalue weighted by Gasteiger charge is -2.16. The molecular formula is C13H22N4O3. The SMILES string of the molecule is Cc1c(CNC(=O)NCC(C(=O)O)C(C)C)cnn1C. The zero-order valence-electron chi connectivity index (χ0n) is 12.3. The van der Waals surface area contributed by atoms with Crippen LogP contribution in [-0.4, -0.2) is 33.4 Å². The summed E-state index contributed by atoms with van der Waals surface area (Å²) in [6, 6.07) is -0.375. The Labute approximate surface area is 118 Å². The van der Waals surface area contributed by atoms with Gasteiger partial charge in [0, 0.05) is 31.4 Å². The maximum atomic E-state index is 11.6. The van der Waals surface area contributed by atoms with Crippen LogP contribution in [0.3, 0.4) is 0 Å². The van der Waals surface area contributed by atoms with Gasteiger partial charge in [0.15, 0.2) is 0 Å². The number of hydrogen-bond acceptors (Lipinski definition) is 3. The fraction of sp³-hybridized carbons (Fsp3) is 0.615. The molecule has 0 spiro atoms. The molecule has 2 amide bonds. The molecule has 0 saturated heterocycles. The summed E-state index contributed by atoms with van der Waals surface area (Å²) in [5, 5.41) is 18.4. The van der Waals surface area contributed by atoms with Gasteiger partial charge in [-0.1, -0.05) is 13.8 Å². The van der Waals surface area contributed by atoms with Gasteiger partial charge in [0.2, 0.25) is 0 Å². The van der Waals surface area contributed by atoms with Crippen LogP contribution >= 0.6 is 0 Å². The van der Waals surface area contributed by atoms with Gasteiger partial charge in [0.05, 0.1) is 12.1 Å². The Morgan fingerprint density at radius 2 is 2.05 bits per heavy atom. The number of amides is 2. The third kappa shape index (κ3) is 4.25. The molecule has 0 aromatic carbocycles. The Balaban J connectivity index is 2.41. The van der Waals surface area contributed by atoms with Crippen molar-refractivity contribution in [2.45, 2.75) is 27.3 Å². The Bertz CT molecular complexity index is 482. The first-order valence-electron chi connectivity index (χ1n) is 6.55. The average Bonchev–Trinajstić information content (AvgIpc) is 2.67. The highest BCUT2D eigenvalue weighted by Gasteiger charge is 2.21. The van der Waals surface area contributed by atoms with E-state index in [2.05, 4.69) is 15.7 Å². The number of rotatable bonds is 6. The van der Waals surface area contributed by atoms with E-state index >= 15 is 0 Å². The summed E-state index contributed by atoms with van der Waals surface area (Å²) in [6.07, 6.45) is 1.70. The molecule has 1 atom stereocenters. The van der Waals surface area contributed by atoms with E-state index < -0.39 is 11.9 Å². The minimum absolute atomic E-state index is 0.0339. The normalized spacial score (nSPS) is 12.2. The summed E-state index contributed by atoms with van der Waals surface area (Å²) < 4.78 is 1.73. The van der Waals surface area contributed by atoms with Crippen molar-refractivity contribution in [3.05, 3.63) is 17.5 Å².